The smallest absolute Gasteiger partial charge is 0.355 e. The summed E-state index contributed by atoms with van der Waals surface area (Å²) < 4.78 is 31.8. The number of methoxy groups -OCH3 is 1. The number of ether oxygens (including phenoxy) is 1. The number of pyridine rings is 1. The van der Waals surface area contributed by atoms with Crippen LogP contribution in [0.1, 0.15) is 16.1 Å². The van der Waals surface area contributed by atoms with Gasteiger partial charge in [-0.15, -0.1) is 0 Å². The van der Waals surface area contributed by atoms with Gasteiger partial charge in [0.1, 0.15) is 11.2 Å². The standard InChI is InChI=1S/C16H13BrN2O5S/c1-24-16(21)13-7-11-12(17)8-18-15(20)14(11)19(13)25(22,23)9-10-5-3-2-4-6-10/h2-8H,9H2,1H3,(H,18,20). The van der Waals surface area contributed by atoms with Crippen LogP contribution in [0.3, 0.4) is 0 Å². The number of carbonyl (C=O) groups is 1. The second-order valence-electron chi connectivity index (χ2n) is 5.26. The molecule has 25 heavy (non-hydrogen) atoms. The molecule has 7 nitrogen and oxygen atoms in total. The normalized spacial score (nSPS) is 11.6. The number of rotatable bonds is 4. The third kappa shape index (κ3) is 3.12. The summed E-state index contributed by atoms with van der Waals surface area (Å²) >= 11 is 3.25. The van der Waals surface area contributed by atoms with E-state index in [-0.39, 0.29) is 17.0 Å². The Balaban J connectivity index is 2.32. The first kappa shape index (κ1) is 17.4. The molecule has 130 valence electrons. The van der Waals surface area contributed by atoms with E-state index in [1.54, 1.807) is 30.3 Å². The molecule has 0 spiro atoms. The van der Waals surface area contributed by atoms with Gasteiger partial charge in [-0.1, -0.05) is 30.3 Å². The average molecular weight is 425 g/mol. The first-order valence-electron chi connectivity index (χ1n) is 7.13. The van der Waals surface area contributed by atoms with Gasteiger partial charge in [-0.25, -0.2) is 17.2 Å². The molecule has 0 amide bonds. The fraction of sp³-hybridized carbons (Fsp3) is 0.125. The number of carbonyl (C=O) groups excluding carboxylic acids is 1. The summed E-state index contributed by atoms with van der Waals surface area (Å²) in [5, 5.41) is 0.306. The molecular formula is C16H13BrN2O5S. The van der Waals surface area contributed by atoms with Crippen molar-refractivity contribution in [2.45, 2.75) is 5.75 Å². The zero-order valence-corrected chi connectivity index (χ0v) is 15.4. The van der Waals surface area contributed by atoms with Crippen molar-refractivity contribution >= 4 is 42.8 Å². The third-order valence-corrected chi connectivity index (χ3v) is 5.91. The van der Waals surface area contributed by atoms with Gasteiger partial charge in [0, 0.05) is 16.1 Å². The van der Waals surface area contributed by atoms with E-state index >= 15 is 0 Å². The molecule has 0 saturated carbocycles. The van der Waals surface area contributed by atoms with E-state index in [0.717, 1.165) is 11.1 Å². The number of hydrogen-bond donors (Lipinski definition) is 1. The summed E-state index contributed by atoms with van der Waals surface area (Å²) in [6, 6.07) is 9.82. The molecule has 3 aromatic rings. The van der Waals surface area contributed by atoms with Crippen LogP contribution in [0.25, 0.3) is 10.9 Å². The van der Waals surface area contributed by atoms with Crippen molar-refractivity contribution in [3.05, 3.63) is 68.7 Å². The van der Waals surface area contributed by atoms with Gasteiger partial charge in [-0.05, 0) is 27.6 Å². The van der Waals surface area contributed by atoms with E-state index in [0.29, 0.717) is 15.4 Å². The number of nitrogens with one attached hydrogen (secondary N) is 1. The highest BCUT2D eigenvalue weighted by Crippen LogP contribution is 2.27. The topological polar surface area (TPSA) is 98.2 Å². The molecule has 1 N–H and O–H groups in total. The Morgan fingerprint density at radius 3 is 2.60 bits per heavy atom. The lowest BCUT2D eigenvalue weighted by Gasteiger charge is -2.10. The van der Waals surface area contributed by atoms with E-state index in [4.69, 9.17) is 0 Å². The third-order valence-electron chi connectivity index (χ3n) is 3.63. The minimum Gasteiger partial charge on any atom is -0.464 e. The predicted octanol–water partition coefficient (Wildman–Crippen LogP) is 2.26. The van der Waals surface area contributed by atoms with Crippen LogP contribution in [0.4, 0.5) is 0 Å². The maximum absolute atomic E-state index is 13.0. The summed E-state index contributed by atoms with van der Waals surface area (Å²) in [7, 11) is -2.90. The first-order chi connectivity index (χ1) is 11.8. The molecule has 0 aliphatic rings. The van der Waals surface area contributed by atoms with Crippen LogP contribution in [0.5, 0.6) is 0 Å². The fourth-order valence-corrected chi connectivity index (χ4v) is 4.60. The minimum absolute atomic E-state index is 0.134. The van der Waals surface area contributed by atoms with E-state index in [1.165, 1.54) is 12.3 Å². The van der Waals surface area contributed by atoms with E-state index in [1.807, 2.05) is 0 Å². The van der Waals surface area contributed by atoms with E-state index < -0.39 is 21.6 Å². The number of benzene rings is 1. The van der Waals surface area contributed by atoms with Crippen LogP contribution in [0.15, 0.2) is 51.9 Å². The van der Waals surface area contributed by atoms with Crippen molar-refractivity contribution in [1.29, 1.82) is 0 Å². The molecule has 0 atom stereocenters. The molecule has 0 bridgehead atoms. The Hall–Kier alpha value is -2.39. The maximum atomic E-state index is 13.0. The number of aromatic amines is 1. The summed E-state index contributed by atoms with van der Waals surface area (Å²) in [6.45, 7) is 0. The Kier molecular flexibility index (Phi) is 4.53. The van der Waals surface area contributed by atoms with Gasteiger partial charge in [0.25, 0.3) is 5.56 Å². The molecule has 0 aliphatic heterocycles. The molecule has 2 heterocycles. The lowest BCUT2D eigenvalue weighted by molar-refractivity contribution is 0.0593. The second kappa shape index (κ2) is 6.49. The number of nitrogens with zero attached hydrogens (tertiary/aromatic N) is 1. The highest BCUT2D eigenvalue weighted by Gasteiger charge is 2.28. The predicted molar refractivity (Wildman–Crippen MR) is 96.1 cm³/mol. The Morgan fingerprint density at radius 2 is 1.96 bits per heavy atom. The summed E-state index contributed by atoms with van der Waals surface area (Å²) in [6.07, 6.45) is 1.39. The van der Waals surface area contributed by atoms with Crippen molar-refractivity contribution in [3.8, 4) is 0 Å². The number of hydrogen-bond acceptors (Lipinski definition) is 5. The lowest BCUT2D eigenvalue weighted by Crippen LogP contribution is -2.23. The molecule has 3 rings (SSSR count). The minimum atomic E-state index is -4.05. The number of fused-ring (bicyclic) bond motifs is 1. The quantitative estimate of drug-likeness (QED) is 0.647. The van der Waals surface area contributed by atoms with Crippen LogP contribution in [0, 0.1) is 0 Å². The number of esters is 1. The molecule has 0 saturated heterocycles. The van der Waals surface area contributed by atoms with Gasteiger partial charge < -0.3 is 9.72 Å². The molecule has 0 aliphatic carbocycles. The fourth-order valence-electron chi connectivity index (χ4n) is 2.55. The van der Waals surface area contributed by atoms with Crippen LogP contribution in [0.2, 0.25) is 0 Å². The van der Waals surface area contributed by atoms with E-state index in [9.17, 15) is 18.0 Å². The van der Waals surface area contributed by atoms with Crippen LogP contribution in [-0.4, -0.2) is 30.5 Å². The van der Waals surface area contributed by atoms with Gasteiger partial charge in [-0.2, -0.15) is 0 Å². The molecule has 0 unspecified atom stereocenters. The maximum Gasteiger partial charge on any atom is 0.355 e. The van der Waals surface area contributed by atoms with Crippen molar-refractivity contribution in [1.82, 2.24) is 8.96 Å². The van der Waals surface area contributed by atoms with Crippen molar-refractivity contribution < 1.29 is 17.9 Å². The van der Waals surface area contributed by atoms with Gasteiger partial charge >= 0.3 is 5.97 Å². The van der Waals surface area contributed by atoms with Crippen LogP contribution >= 0.6 is 15.9 Å². The monoisotopic (exact) mass is 424 g/mol. The average Bonchev–Trinajstić information content (AvgIpc) is 3.01. The van der Waals surface area contributed by atoms with Gasteiger partial charge in [-0.3, -0.25) is 4.79 Å². The molecule has 9 heteroatoms. The highest BCUT2D eigenvalue weighted by molar-refractivity contribution is 9.10. The number of H-pyrrole nitrogens is 1. The molecule has 2 aromatic heterocycles. The van der Waals surface area contributed by atoms with Crippen LogP contribution in [-0.2, 0) is 20.5 Å². The van der Waals surface area contributed by atoms with Gasteiger partial charge in [0.15, 0.2) is 0 Å². The first-order valence-corrected chi connectivity index (χ1v) is 9.53. The van der Waals surface area contributed by atoms with E-state index in [2.05, 4.69) is 25.7 Å². The second-order valence-corrected chi connectivity index (χ2v) is 7.93. The van der Waals surface area contributed by atoms with Crippen molar-refractivity contribution in [2.75, 3.05) is 7.11 Å². The molecule has 0 fully saturated rings. The zero-order valence-electron chi connectivity index (χ0n) is 13.0. The molecule has 0 radical (unpaired) electrons. The largest absolute Gasteiger partial charge is 0.464 e. The van der Waals surface area contributed by atoms with Crippen molar-refractivity contribution in [2.24, 2.45) is 0 Å². The Labute approximate surface area is 151 Å². The molecule has 1 aromatic carbocycles. The summed E-state index contributed by atoms with van der Waals surface area (Å²) in [5.74, 6) is -1.22. The highest BCUT2D eigenvalue weighted by atomic mass is 79.9. The van der Waals surface area contributed by atoms with Crippen LogP contribution < -0.4 is 5.56 Å². The number of aromatic nitrogens is 2. The molecular weight excluding hydrogens is 412 g/mol. The Bertz CT molecular complexity index is 1120. The van der Waals surface area contributed by atoms with Gasteiger partial charge in [0.05, 0.1) is 12.9 Å². The number of halogens is 1. The SMILES string of the molecule is COC(=O)c1cc2c(Br)c[nH]c(=O)c2n1S(=O)(=O)Cc1ccccc1. The van der Waals surface area contributed by atoms with Crippen molar-refractivity contribution in [3.63, 3.8) is 0 Å². The summed E-state index contributed by atoms with van der Waals surface area (Å²) in [4.78, 5) is 26.8. The van der Waals surface area contributed by atoms with Gasteiger partial charge in [0.2, 0.25) is 10.0 Å². The zero-order chi connectivity index (χ0) is 18.2. The summed E-state index contributed by atoms with van der Waals surface area (Å²) in [5.41, 5.74) is -0.451. The Morgan fingerprint density at radius 1 is 1.28 bits per heavy atom. The lowest BCUT2D eigenvalue weighted by atomic mass is 10.2.